The van der Waals surface area contributed by atoms with Crippen LogP contribution in [0.3, 0.4) is 0 Å². The van der Waals surface area contributed by atoms with E-state index in [0.717, 1.165) is 43.5 Å². The van der Waals surface area contributed by atoms with Gasteiger partial charge in [0.05, 0.1) is 5.56 Å². The molecule has 0 aromatic heterocycles. The fourth-order valence-electron chi connectivity index (χ4n) is 2.09. The predicted octanol–water partition coefficient (Wildman–Crippen LogP) is 3.76. The van der Waals surface area contributed by atoms with Gasteiger partial charge in [-0.2, -0.15) is 13.2 Å². The van der Waals surface area contributed by atoms with Crippen LogP contribution in [0.15, 0.2) is 22.7 Å². The van der Waals surface area contributed by atoms with E-state index < -0.39 is 11.7 Å². The molecule has 0 saturated carbocycles. The Bertz CT molecular complexity index is 397. The quantitative estimate of drug-likeness (QED) is 0.877. The Labute approximate surface area is 107 Å². The fourth-order valence-corrected chi connectivity index (χ4v) is 2.63. The van der Waals surface area contributed by atoms with Crippen LogP contribution < -0.4 is 5.32 Å². The summed E-state index contributed by atoms with van der Waals surface area (Å²) < 4.78 is 38.0. The van der Waals surface area contributed by atoms with Crippen molar-refractivity contribution in [2.45, 2.75) is 31.5 Å². The minimum absolute atomic E-state index is 0.392. The lowest BCUT2D eigenvalue weighted by molar-refractivity contribution is -0.137. The van der Waals surface area contributed by atoms with Crippen LogP contribution in [-0.2, 0) is 12.6 Å². The van der Waals surface area contributed by atoms with Gasteiger partial charge in [0, 0.05) is 10.5 Å². The number of hydrogen-bond donors (Lipinski definition) is 1. The molecule has 17 heavy (non-hydrogen) atoms. The van der Waals surface area contributed by atoms with Crippen molar-refractivity contribution in [3.05, 3.63) is 33.8 Å². The first-order valence-corrected chi connectivity index (χ1v) is 6.35. The third kappa shape index (κ3) is 3.22. The van der Waals surface area contributed by atoms with Gasteiger partial charge in [-0.15, -0.1) is 0 Å². The van der Waals surface area contributed by atoms with Crippen molar-refractivity contribution in [1.82, 2.24) is 5.32 Å². The van der Waals surface area contributed by atoms with Crippen molar-refractivity contribution in [1.29, 1.82) is 0 Å². The van der Waals surface area contributed by atoms with Crippen LogP contribution in [0.25, 0.3) is 0 Å². The van der Waals surface area contributed by atoms with Gasteiger partial charge in [-0.05, 0) is 43.5 Å². The number of hydrogen-bond acceptors (Lipinski definition) is 1. The maximum atomic E-state index is 12.5. The van der Waals surface area contributed by atoms with Crippen molar-refractivity contribution >= 4 is 15.9 Å². The molecular formula is C12H13BrF3N. The van der Waals surface area contributed by atoms with E-state index >= 15 is 0 Å². The number of nitrogens with one attached hydrogen (secondary N) is 1. The van der Waals surface area contributed by atoms with Gasteiger partial charge in [0.15, 0.2) is 0 Å². The Morgan fingerprint density at radius 1 is 1.35 bits per heavy atom. The summed E-state index contributed by atoms with van der Waals surface area (Å²) in [6.07, 6.45) is -1.26. The second-order valence-electron chi connectivity index (χ2n) is 4.30. The monoisotopic (exact) mass is 307 g/mol. The van der Waals surface area contributed by atoms with E-state index in [9.17, 15) is 13.2 Å². The molecule has 0 bridgehead atoms. The highest BCUT2D eigenvalue weighted by molar-refractivity contribution is 9.10. The minimum atomic E-state index is -4.27. The van der Waals surface area contributed by atoms with E-state index in [1.807, 2.05) is 0 Å². The zero-order valence-electron chi connectivity index (χ0n) is 9.15. The van der Waals surface area contributed by atoms with E-state index in [-0.39, 0.29) is 0 Å². The van der Waals surface area contributed by atoms with Crippen molar-refractivity contribution in [3.63, 3.8) is 0 Å². The minimum Gasteiger partial charge on any atom is -0.314 e. The largest absolute Gasteiger partial charge is 0.416 e. The van der Waals surface area contributed by atoms with Crippen LogP contribution in [0.5, 0.6) is 0 Å². The molecule has 0 spiro atoms. The third-order valence-electron chi connectivity index (χ3n) is 3.01. The molecule has 1 heterocycles. The Hall–Kier alpha value is -0.550. The molecule has 1 fully saturated rings. The van der Waals surface area contributed by atoms with Gasteiger partial charge in [0.25, 0.3) is 0 Å². The molecule has 1 nitrogen and oxygen atoms in total. The lowest BCUT2D eigenvalue weighted by atomic mass is 10.0. The highest BCUT2D eigenvalue weighted by Crippen LogP contribution is 2.32. The van der Waals surface area contributed by atoms with Gasteiger partial charge in [-0.3, -0.25) is 0 Å². The van der Waals surface area contributed by atoms with Crippen molar-refractivity contribution in [3.8, 4) is 0 Å². The van der Waals surface area contributed by atoms with Crippen molar-refractivity contribution in [2.24, 2.45) is 0 Å². The number of rotatable bonds is 2. The molecule has 1 aromatic carbocycles. The lowest BCUT2D eigenvalue weighted by Gasteiger charge is -2.13. The van der Waals surface area contributed by atoms with Crippen LogP contribution in [0, 0.1) is 0 Å². The summed E-state index contributed by atoms with van der Waals surface area (Å²) in [6, 6.07) is 4.26. The molecule has 94 valence electrons. The zero-order chi connectivity index (χ0) is 12.5. The maximum absolute atomic E-state index is 12.5. The van der Waals surface area contributed by atoms with E-state index in [4.69, 9.17) is 0 Å². The normalized spacial score (nSPS) is 20.8. The molecule has 1 aliphatic rings. The molecular weight excluding hydrogens is 295 g/mol. The summed E-state index contributed by atoms with van der Waals surface area (Å²) in [6.45, 7) is 1.00. The third-order valence-corrected chi connectivity index (χ3v) is 3.75. The molecule has 0 aliphatic carbocycles. The number of halogens is 4. The van der Waals surface area contributed by atoms with Crippen LogP contribution in [-0.4, -0.2) is 12.6 Å². The first kappa shape index (κ1) is 12.9. The summed E-state index contributed by atoms with van der Waals surface area (Å²) in [5.74, 6) is 0. The Kier molecular flexibility index (Phi) is 3.78. The number of alkyl halides is 3. The van der Waals surface area contributed by atoms with Crippen molar-refractivity contribution in [2.75, 3.05) is 6.54 Å². The van der Waals surface area contributed by atoms with Crippen molar-refractivity contribution < 1.29 is 13.2 Å². The van der Waals surface area contributed by atoms with Gasteiger partial charge in [0.1, 0.15) is 0 Å². The highest BCUT2D eigenvalue weighted by Gasteiger charge is 2.31. The van der Waals surface area contributed by atoms with Crippen LogP contribution in [0.4, 0.5) is 13.2 Å². The predicted molar refractivity (Wildman–Crippen MR) is 63.9 cm³/mol. The standard InChI is InChI=1S/C12H13BrF3N/c13-11-7-9(12(14,15)16)4-3-8(11)6-10-2-1-5-17-10/h3-4,7,10,17H,1-2,5-6H2. The molecule has 0 amide bonds. The van der Waals surface area contributed by atoms with E-state index in [1.54, 1.807) is 6.07 Å². The molecule has 1 aliphatic heterocycles. The summed E-state index contributed by atoms with van der Waals surface area (Å²) in [5.41, 5.74) is 0.324. The zero-order valence-corrected chi connectivity index (χ0v) is 10.7. The molecule has 1 unspecified atom stereocenters. The van der Waals surface area contributed by atoms with Gasteiger partial charge >= 0.3 is 6.18 Å². The Balaban J connectivity index is 2.14. The molecule has 1 saturated heterocycles. The van der Waals surface area contributed by atoms with Gasteiger partial charge < -0.3 is 5.32 Å². The average molecular weight is 308 g/mol. The molecule has 1 atom stereocenters. The van der Waals surface area contributed by atoms with Crippen LogP contribution in [0.1, 0.15) is 24.0 Å². The van der Waals surface area contributed by atoms with Crippen LogP contribution >= 0.6 is 15.9 Å². The Morgan fingerprint density at radius 3 is 2.65 bits per heavy atom. The first-order chi connectivity index (χ1) is 7.97. The summed E-state index contributed by atoms with van der Waals surface area (Å²) in [4.78, 5) is 0. The first-order valence-electron chi connectivity index (χ1n) is 5.56. The van der Waals surface area contributed by atoms with E-state index in [2.05, 4.69) is 21.2 Å². The lowest BCUT2D eigenvalue weighted by Crippen LogP contribution is -2.23. The second-order valence-corrected chi connectivity index (χ2v) is 5.16. The molecule has 5 heteroatoms. The van der Waals surface area contributed by atoms with Gasteiger partial charge in [-0.25, -0.2) is 0 Å². The fraction of sp³-hybridized carbons (Fsp3) is 0.500. The number of benzene rings is 1. The molecule has 1 aromatic rings. The SMILES string of the molecule is FC(F)(F)c1ccc(CC2CCCN2)c(Br)c1. The van der Waals surface area contributed by atoms with Crippen LogP contribution in [0.2, 0.25) is 0 Å². The Morgan fingerprint density at radius 2 is 2.12 bits per heavy atom. The topological polar surface area (TPSA) is 12.0 Å². The second kappa shape index (κ2) is 4.98. The average Bonchev–Trinajstić information content (AvgIpc) is 2.72. The summed E-state index contributed by atoms with van der Waals surface area (Å²) in [5, 5.41) is 3.33. The van der Waals surface area contributed by atoms with E-state index in [1.165, 1.54) is 0 Å². The maximum Gasteiger partial charge on any atom is 0.416 e. The van der Waals surface area contributed by atoms with Gasteiger partial charge in [-0.1, -0.05) is 22.0 Å². The summed E-state index contributed by atoms with van der Waals surface area (Å²) >= 11 is 3.22. The van der Waals surface area contributed by atoms with Gasteiger partial charge in [0.2, 0.25) is 0 Å². The highest BCUT2D eigenvalue weighted by atomic mass is 79.9. The smallest absolute Gasteiger partial charge is 0.314 e. The molecule has 0 radical (unpaired) electrons. The molecule has 2 rings (SSSR count). The van der Waals surface area contributed by atoms with E-state index in [0.29, 0.717) is 10.5 Å². The molecule has 1 N–H and O–H groups in total. The summed E-state index contributed by atoms with van der Waals surface area (Å²) in [7, 11) is 0.